The fraction of sp³-hybridized carbons (Fsp3) is 0.467. The predicted octanol–water partition coefficient (Wildman–Crippen LogP) is 1.98. The highest BCUT2D eigenvalue weighted by Gasteiger charge is 2.36. The van der Waals surface area contributed by atoms with Crippen molar-refractivity contribution in [2.45, 2.75) is 31.1 Å². The Hall–Kier alpha value is -1.62. The minimum Gasteiger partial charge on any atom is -0.347 e. The fourth-order valence-electron chi connectivity index (χ4n) is 2.76. The molecule has 0 saturated heterocycles. The Balaban J connectivity index is 1.95. The molecule has 0 bridgehead atoms. The molecule has 2 rings (SSSR count). The van der Waals surface area contributed by atoms with Crippen molar-refractivity contribution in [3.05, 3.63) is 35.0 Å². The average Bonchev–Trinajstić information content (AvgIpc) is 3.13. The van der Waals surface area contributed by atoms with Crippen LogP contribution in [0.15, 0.2) is 29.5 Å². The van der Waals surface area contributed by atoms with Crippen LogP contribution in [-0.4, -0.2) is 24.9 Å². The van der Waals surface area contributed by atoms with Crippen molar-refractivity contribution in [3.8, 4) is 0 Å². The molecule has 0 spiro atoms. The van der Waals surface area contributed by atoms with Crippen LogP contribution in [-0.2, 0) is 15.0 Å². The topological polar surface area (TPSA) is 58.2 Å². The molecule has 108 valence electrons. The van der Waals surface area contributed by atoms with Crippen LogP contribution in [0.5, 0.6) is 0 Å². The number of nitrogens with one attached hydrogen (secondary N) is 2. The lowest BCUT2D eigenvalue weighted by molar-refractivity contribution is -0.139. The number of rotatable bonds is 5. The molecule has 1 aliphatic carbocycles. The molecule has 5 heteroatoms. The molecule has 0 aromatic carbocycles. The summed E-state index contributed by atoms with van der Waals surface area (Å²) in [5, 5.41) is 9.48. The van der Waals surface area contributed by atoms with Crippen LogP contribution >= 0.6 is 11.3 Å². The molecule has 1 aliphatic rings. The van der Waals surface area contributed by atoms with E-state index >= 15 is 0 Å². The van der Waals surface area contributed by atoms with Gasteiger partial charge < -0.3 is 10.6 Å². The molecule has 2 N–H and O–H groups in total. The van der Waals surface area contributed by atoms with Gasteiger partial charge in [0.1, 0.15) is 0 Å². The molecule has 1 saturated carbocycles. The van der Waals surface area contributed by atoms with Gasteiger partial charge in [0, 0.05) is 18.5 Å². The lowest BCUT2D eigenvalue weighted by Crippen LogP contribution is -2.45. The SMILES string of the molecule is C=CCNC(=O)C(=O)NCC1(c2ccsc2)CCCC1. The van der Waals surface area contributed by atoms with E-state index in [0.29, 0.717) is 13.1 Å². The van der Waals surface area contributed by atoms with Crippen LogP contribution < -0.4 is 10.6 Å². The Morgan fingerprint density at radius 1 is 1.30 bits per heavy atom. The van der Waals surface area contributed by atoms with Gasteiger partial charge in [-0.05, 0) is 35.2 Å². The van der Waals surface area contributed by atoms with Gasteiger partial charge in [-0.3, -0.25) is 9.59 Å². The second-order valence-corrected chi connectivity index (χ2v) is 5.96. The Kier molecular flexibility index (Phi) is 4.95. The van der Waals surface area contributed by atoms with E-state index in [-0.39, 0.29) is 5.41 Å². The van der Waals surface area contributed by atoms with Crippen LogP contribution in [0.4, 0.5) is 0 Å². The van der Waals surface area contributed by atoms with Crippen molar-refractivity contribution in [2.24, 2.45) is 0 Å². The standard InChI is InChI=1S/C15H20N2O2S/c1-2-8-16-13(18)14(19)17-11-15(6-3-4-7-15)12-5-9-20-10-12/h2,5,9-10H,1,3-4,6-8,11H2,(H,16,18)(H,17,19). The molecule has 1 aromatic rings. The Labute approximate surface area is 123 Å². The molecule has 1 aromatic heterocycles. The van der Waals surface area contributed by atoms with E-state index in [9.17, 15) is 9.59 Å². The second kappa shape index (κ2) is 6.70. The van der Waals surface area contributed by atoms with E-state index in [1.54, 1.807) is 17.4 Å². The number of amides is 2. The van der Waals surface area contributed by atoms with Crippen molar-refractivity contribution >= 4 is 23.2 Å². The van der Waals surface area contributed by atoms with Gasteiger partial charge >= 0.3 is 11.8 Å². The van der Waals surface area contributed by atoms with Gasteiger partial charge in [-0.1, -0.05) is 18.9 Å². The normalized spacial score (nSPS) is 16.6. The number of carbonyl (C=O) groups is 2. The number of thiophene rings is 1. The molecule has 0 radical (unpaired) electrons. The summed E-state index contributed by atoms with van der Waals surface area (Å²) in [5.41, 5.74) is 1.29. The summed E-state index contributed by atoms with van der Waals surface area (Å²) in [7, 11) is 0. The van der Waals surface area contributed by atoms with Crippen molar-refractivity contribution in [3.63, 3.8) is 0 Å². The minimum absolute atomic E-state index is 0.00831. The Morgan fingerprint density at radius 3 is 2.60 bits per heavy atom. The molecular weight excluding hydrogens is 272 g/mol. The van der Waals surface area contributed by atoms with Gasteiger partial charge in [-0.15, -0.1) is 6.58 Å². The first-order valence-electron chi connectivity index (χ1n) is 6.87. The van der Waals surface area contributed by atoms with E-state index in [2.05, 4.69) is 34.0 Å². The lowest BCUT2D eigenvalue weighted by Gasteiger charge is -2.28. The number of hydrogen-bond acceptors (Lipinski definition) is 3. The number of hydrogen-bond donors (Lipinski definition) is 2. The van der Waals surface area contributed by atoms with E-state index in [1.807, 2.05) is 0 Å². The molecule has 0 atom stereocenters. The summed E-state index contributed by atoms with van der Waals surface area (Å²) < 4.78 is 0. The smallest absolute Gasteiger partial charge is 0.309 e. The van der Waals surface area contributed by atoms with Crippen molar-refractivity contribution in [1.29, 1.82) is 0 Å². The van der Waals surface area contributed by atoms with Crippen molar-refractivity contribution < 1.29 is 9.59 Å². The quantitative estimate of drug-likeness (QED) is 0.644. The van der Waals surface area contributed by atoms with Crippen LogP contribution in [0.2, 0.25) is 0 Å². The molecule has 1 heterocycles. The Morgan fingerprint density at radius 2 is 2.00 bits per heavy atom. The lowest BCUT2D eigenvalue weighted by atomic mass is 9.80. The fourth-order valence-corrected chi connectivity index (χ4v) is 3.54. The maximum atomic E-state index is 11.8. The maximum absolute atomic E-state index is 11.8. The van der Waals surface area contributed by atoms with Gasteiger partial charge in [-0.25, -0.2) is 0 Å². The molecule has 1 fully saturated rings. The highest BCUT2D eigenvalue weighted by Crippen LogP contribution is 2.41. The van der Waals surface area contributed by atoms with Gasteiger partial charge in [0.25, 0.3) is 0 Å². The minimum atomic E-state index is -0.594. The first-order valence-corrected chi connectivity index (χ1v) is 7.82. The zero-order chi connectivity index (χ0) is 14.4. The van der Waals surface area contributed by atoms with Crippen LogP contribution in [0.25, 0.3) is 0 Å². The predicted molar refractivity (Wildman–Crippen MR) is 80.7 cm³/mol. The van der Waals surface area contributed by atoms with Crippen molar-refractivity contribution in [2.75, 3.05) is 13.1 Å². The third-order valence-electron chi connectivity index (χ3n) is 3.89. The summed E-state index contributed by atoms with van der Waals surface area (Å²) in [5.74, 6) is -1.16. The third-order valence-corrected chi connectivity index (χ3v) is 4.58. The van der Waals surface area contributed by atoms with Gasteiger partial charge in [0.15, 0.2) is 0 Å². The average molecular weight is 292 g/mol. The maximum Gasteiger partial charge on any atom is 0.309 e. The van der Waals surface area contributed by atoms with Crippen LogP contribution in [0.1, 0.15) is 31.2 Å². The summed E-state index contributed by atoms with van der Waals surface area (Å²) in [6.45, 7) is 4.34. The summed E-state index contributed by atoms with van der Waals surface area (Å²) in [6.07, 6.45) is 6.04. The molecule has 2 amide bonds. The van der Waals surface area contributed by atoms with E-state index in [1.165, 1.54) is 18.4 Å². The third kappa shape index (κ3) is 3.28. The molecule has 20 heavy (non-hydrogen) atoms. The molecular formula is C15H20N2O2S. The largest absolute Gasteiger partial charge is 0.347 e. The highest BCUT2D eigenvalue weighted by atomic mass is 32.1. The molecule has 0 aliphatic heterocycles. The second-order valence-electron chi connectivity index (χ2n) is 5.18. The molecule has 0 unspecified atom stereocenters. The molecule has 4 nitrogen and oxygen atoms in total. The number of carbonyl (C=O) groups excluding carboxylic acids is 2. The van der Waals surface area contributed by atoms with Gasteiger partial charge in [-0.2, -0.15) is 11.3 Å². The monoisotopic (exact) mass is 292 g/mol. The summed E-state index contributed by atoms with van der Waals surface area (Å²) in [4.78, 5) is 23.3. The zero-order valence-corrected chi connectivity index (χ0v) is 12.3. The zero-order valence-electron chi connectivity index (χ0n) is 11.5. The summed E-state index contributed by atoms with van der Waals surface area (Å²) in [6, 6.07) is 2.12. The van der Waals surface area contributed by atoms with E-state index in [0.717, 1.165) is 12.8 Å². The first kappa shape index (κ1) is 14.8. The van der Waals surface area contributed by atoms with E-state index in [4.69, 9.17) is 0 Å². The van der Waals surface area contributed by atoms with E-state index < -0.39 is 11.8 Å². The Bertz CT molecular complexity index is 476. The first-order chi connectivity index (χ1) is 9.68. The van der Waals surface area contributed by atoms with Crippen molar-refractivity contribution in [1.82, 2.24) is 10.6 Å². The van der Waals surface area contributed by atoms with Gasteiger partial charge in [0.05, 0.1) is 0 Å². The van der Waals surface area contributed by atoms with Crippen LogP contribution in [0, 0.1) is 0 Å². The van der Waals surface area contributed by atoms with Gasteiger partial charge in [0.2, 0.25) is 0 Å². The van der Waals surface area contributed by atoms with Crippen LogP contribution in [0.3, 0.4) is 0 Å². The summed E-state index contributed by atoms with van der Waals surface area (Å²) >= 11 is 1.67. The highest BCUT2D eigenvalue weighted by molar-refractivity contribution is 7.08.